The minimum absolute atomic E-state index is 0.124. The van der Waals surface area contributed by atoms with Crippen LogP contribution >= 0.6 is 11.3 Å². The highest BCUT2D eigenvalue weighted by Gasteiger charge is 2.32. The Bertz CT molecular complexity index is 258. The lowest BCUT2D eigenvalue weighted by Crippen LogP contribution is -2.28. The molecule has 0 amide bonds. The van der Waals surface area contributed by atoms with Gasteiger partial charge in [0.15, 0.2) is 0 Å². The Morgan fingerprint density at radius 3 is 2.82 bits per heavy atom. The van der Waals surface area contributed by atoms with E-state index in [9.17, 15) is 5.11 Å². The van der Waals surface area contributed by atoms with E-state index in [4.69, 9.17) is 0 Å². The number of aryl methyl sites for hydroxylation is 1. The molecule has 1 aliphatic rings. The van der Waals surface area contributed by atoms with Gasteiger partial charge in [0.05, 0.1) is 11.1 Å². The van der Waals surface area contributed by atoms with Gasteiger partial charge in [0.2, 0.25) is 0 Å². The second-order valence-corrected chi connectivity index (χ2v) is 3.97. The van der Waals surface area contributed by atoms with Gasteiger partial charge in [-0.15, -0.1) is 11.3 Å². The van der Waals surface area contributed by atoms with Crippen molar-refractivity contribution in [2.45, 2.75) is 31.8 Å². The molecule has 1 heterocycles. The molecule has 1 N–H and O–H groups in total. The molecule has 0 bridgehead atoms. The molecule has 1 aromatic heterocycles. The van der Waals surface area contributed by atoms with Crippen molar-refractivity contribution in [3.63, 3.8) is 0 Å². The van der Waals surface area contributed by atoms with Crippen molar-refractivity contribution in [3.05, 3.63) is 16.1 Å². The SMILES string of the molecule is Cc1csc(C2CCC2O)n1. The summed E-state index contributed by atoms with van der Waals surface area (Å²) in [6, 6.07) is 0. The number of nitrogens with zero attached hydrogens (tertiary/aromatic N) is 1. The molecule has 0 radical (unpaired) electrons. The molecule has 2 nitrogen and oxygen atoms in total. The highest BCUT2D eigenvalue weighted by Crippen LogP contribution is 2.37. The summed E-state index contributed by atoms with van der Waals surface area (Å²) >= 11 is 1.67. The van der Waals surface area contributed by atoms with Gasteiger partial charge in [-0.1, -0.05) is 0 Å². The summed E-state index contributed by atoms with van der Waals surface area (Å²) in [5.74, 6) is 0.341. The fourth-order valence-corrected chi connectivity index (χ4v) is 2.30. The van der Waals surface area contributed by atoms with Gasteiger partial charge in [-0.2, -0.15) is 0 Å². The third kappa shape index (κ3) is 1.19. The molecule has 3 heteroatoms. The molecule has 2 rings (SSSR count). The van der Waals surface area contributed by atoms with Crippen molar-refractivity contribution in [1.82, 2.24) is 4.98 Å². The van der Waals surface area contributed by atoms with E-state index in [2.05, 4.69) is 4.98 Å². The topological polar surface area (TPSA) is 33.1 Å². The minimum atomic E-state index is -0.124. The van der Waals surface area contributed by atoms with Crippen LogP contribution in [0.5, 0.6) is 0 Å². The second-order valence-electron chi connectivity index (χ2n) is 3.08. The maximum Gasteiger partial charge on any atom is 0.0985 e. The van der Waals surface area contributed by atoms with Crippen molar-refractivity contribution >= 4 is 11.3 Å². The number of hydrogen-bond donors (Lipinski definition) is 1. The first kappa shape index (κ1) is 7.25. The van der Waals surface area contributed by atoms with Crippen LogP contribution in [0.25, 0.3) is 0 Å². The zero-order valence-corrected chi connectivity index (χ0v) is 7.27. The maximum atomic E-state index is 9.34. The Hall–Kier alpha value is -0.410. The highest BCUT2D eigenvalue weighted by atomic mass is 32.1. The molecule has 0 spiro atoms. The zero-order chi connectivity index (χ0) is 7.84. The van der Waals surface area contributed by atoms with Gasteiger partial charge in [0.25, 0.3) is 0 Å². The quantitative estimate of drug-likeness (QED) is 0.694. The fourth-order valence-electron chi connectivity index (χ4n) is 1.31. The van der Waals surface area contributed by atoms with E-state index >= 15 is 0 Å². The number of aliphatic hydroxyl groups excluding tert-OH is 1. The van der Waals surface area contributed by atoms with Crippen molar-refractivity contribution in [2.24, 2.45) is 0 Å². The molecule has 2 unspecified atom stereocenters. The van der Waals surface area contributed by atoms with E-state index in [-0.39, 0.29) is 6.10 Å². The minimum Gasteiger partial charge on any atom is -0.392 e. The standard InChI is InChI=1S/C8H11NOS/c1-5-4-11-8(9-5)6-2-3-7(6)10/h4,6-7,10H,2-3H2,1H3. The monoisotopic (exact) mass is 169 g/mol. The van der Waals surface area contributed by atoms with Crippen molar-refractivity contribution in [2.75, 3.05) is 0 Å². The van der Waals surface area contributed by atoms with Crippen molar-refractivity contribution in [3.8, 4) is 0 Å². The van der Waals surface area contributed by atoms with Crippen LogP contribution in [0.4, 0.5) is 0 Å². The average molecular weight is 169 g/mol. The lowest BCUT2D eigenvalue weighted by Gasteiger charge is -2.30. The van der Waals surface area contributed by atoms with Crippen LogP contribution in [0.2, 0.25) is 0 Å². The van der Waals surface area contributed by atoms with E-state index < -0.39 is 0 Å². The summed E-state index contributed by atoms with van der Waals surface area (Å²) in [6.07, 6.45) is 1.93. The van der Waals surface area contributed by atoms with Gasteiger partial charge in [-0.3, -0.25) is 0 Å². The third-order valence-corrected chi connectivity index (χ3v) is 3.29. The van der Waals surface area contributed by atoms with Gasteiger partial charge >= 0.3 is 0 Å². The summed E-state index contributed by atoms with van der Waals surface area (Å²) in [5, 5.41) is 12.5. The summed E-state index contributed by atoms with van der Waals surface area (Å²) in [6.45, 7) is 1.99. The van der Waals surface area contributed by atoms with Crippen molar-refractivity contribution < 1.29 is 5.11 Å². The predicted molar refractivity (Wildman–Crippen MR) is 44.8 cm³/mol. The molecule has 0 aliphatic heterocycles. The Balaban J connectivity index is 2.16. The highest BCUT2D eigenvalue weighted by molar-refractivity contribution is 7.09. The molecule has 1 aromatic rings. The first-order chi connectivity index (χ1) is 5.27. The average Bonchev–Trinajstić information content (AvgIpc) is 2.33. The third-order valence-electron chi connectivity index (χ3n) is 2.19. The van der Waals surface area contributed by atoms with E-state index in [0.717, 1.165) is 23.5 Å². The largest absolute Gasteiger partial charge is 0.392 e. The molecule has 1 fully saturated rings. The smallest absolute Gasteiger partial charge is 0.0985 e. The number of rotatable bonds is 1. The van der Waals surface area contributed by atoms with Crippen LogP contribution in [0.1, 0.15) is 29.5 Å². The number of aromatic nitrogens is 1. The van der Waals surface area contributed by atoms with E-state index in [1.807, 2.05) is 12.3 Å². The molecular weight excluding hydrogens is 158 g/mol. The first-order valence-electron chi connectivity index (χ1n) is 3.87. The molecule has 0 saturated heterocycles. The second kappa shape index (κ2) is 2.57. The van der Waals surface area contributed by atoms with Crippen LogP contribution in [0.15, 0.2) is 5.38 Å². The van der Waals surface area contributed by atoms with Gasteiger partial charge in [-0.05, 0) is 19.8 Å². The van der Waals surface area contributed by atoms with Gasteiger partial charge in [-0.25, -0.2) is 4.98 Å². The predicted octanol–water partition coefficient (Wildman–Crippen LogP) is 1.69. The lowest BCUT2D eigenvalue weighted by atomic mass is 9.82. The fraction of sp³-hybridized carbons (Fsp3) is 0.625. The zero-order valence-electron chi connectivity index (χ0n) is 6.45. The first-order valence-corrected chi connectivity index (χ1v) is 4.75. The molecule has 1 saturated carbocycles. The number of aliphatic hydroxyl groups is 1. The molecule has 60 valence electrons. The maximum absolute atomic E-state index is 9.34. The Morgan fingerprint density at radius 1 is 1.64 bits per heavy atom. The van der Waals surface area contributed by atoms with Crippen LogP contribution < -0.4 is 0 Å². The Kier molecular flexibility index (Phi) is 1.69. The summed E-state index contributed by atoms with van der Waals surface area (Å²) < 4.78 is 0. The van der Waals surface area contributed by atoms with Crippen LogP contribution in [-0.2, 0) is 0 Å². The van der Waals surface area contributed by atoms with Crippen molar-refractivity contribution in [1.29, 1.82) is 0 Å². The van der Waals surface area contributed by atoms with E-state index in [1.165, 1.54) is 0 Å². The summed E-state index contributed by atoms with van der Waals surface area (Å²) in [5.41, 5.74) is 1.07. The summed E-state index contributed by atoms with van der Waals surface area (Å²) in [4.78, 5) is 4.34. The van der Waals surface area contributed by atoms with Crippen LogP contribution in [0, 0.1) is 6.92 Å². The van der Waals surface area contributed by atoms with Gasteiger partial charge < -0.3 is 5.11 Å². The van der Waals surface area contributed by atoms with E-state index in [1.54, 1.807) is 11.3 Å². The van der Waals surface area contributed by atoms with Gasteiger partial charge in [0, 0.05) is 17.0 Å². The lowest BCUT2D eigenvalue weighted by molar-refractivity contribution is 0.0660. The number of hydrogen-bond acceptors (Lipinski definition) is 3. The van der Waals surface area contributed by atoms with Crippen LogP contribution in [-0.4, -0.2) is 16.2 Å². The Labute approximate surface area is 69.9 Å². The molecule has 2 atom stereocenters. The molecule has 0 aromatic carbocycles. The Morgan fingerprint density at radius 2 is 2.45 bits per heavy atom. The van der Waals surface area contributed by atoms with Crippen LogP contribution in [0.3, 0.4) is 0 Å². The molecule has 1 aliphatic carbocycles. The molecular formula is C8H11NOS. The van der Waals surface area contributed by atoms with Gasteiger partial charge in [0.1, 0.15) is 0 Å². The van der Waals surface area contributed by atoms with E-state index in [0.29, 0.717) is 5.92 Å². The number of thiazole rings is 1. The normalized spacial score (nSPS) is 30.0. The molecule has 11 heavy (non-hydrogen) atoms. The summed E-state index contributed by atoms with van der Waals surface area (Å²) in [7, 11) is 0.